The summed E-state index contributed by atoms with van der Waals surface area (Å²) in [4.78, 5) is 41.2. The predicted octanol–water partition coefficient (Wildman–Crippen LogP) is 2.39. The maximum absolute atomic E-state index is 13.1. The van der Waals surface area contributed by atoms with E-state index in [0.717, 1.165) is 29.5 Å². The lowest BCUT2D eigenvalue weighted by atomic mass is 9.98. The number of H-pyrrole nitrogens is 1. The lowest BCUT2D eigenvalue weighted by molar-refractivity contribution is -0.125. The number of rotatable bonds is 11. The molecule has 3 unspecified atom stereocenters. The van der Waals surface area contributed by atoms with Crippen LogP contribution in [0.3, 0.4) is 0 Å². The van der Waals surface area contributed by atoms with Crippen LogP contribution in [0.15, 0.2) is 24.3 Å². The van der Waals surface area contributed by atoms with Crippen molar-refractivity contribution in [1.82, 2.24) is 20.9 Å². The van der Waals surface area contributed by atoms with Gasteiger partial charge in [-0.1, -0.05) is 18.9 Å². The van der Waals surface area contributed by atoms with Gasteiger partial charge in [-0.05, 0) is 62.1 Å². The molecule has 1 aliphatic heterocycles. The highest BCUT2D eigenvalue weighted by atomic mass is 16.5. The minimum Gasteiger partial charge on any atom is -0.493 e. The third kappa shape index (κ3) is 5.76. The van der Waals surface area contributed by atoms with Gasteiger partial charge in [0.1, 0.15) is 23.5 Å². The lowest BCUT2D eigenvalue weighted by Gasteiger charge is -2.21. The van der Waals surface area contributed by atoms with Gasteiger partial charge >= 0.3 is 0 Å². The van der Waals surface area contributed by atoms with Crippen LogP contribution in [0.1, 0.15) is 55.4 Å². The number of fused-ring (bicyclic) bond motifs is 1. The summed E-state index contributed by atoms with van der Waals surface area (Å²) in [5.74, 6) is 0.621. The third-order valence-electron chi connectivity index (χ3n) is 7.08. The van der Waals surface area contributed by atoms with Gasteiger partial charge in [-0.15, -0.1) is 0 Å². The molecule has 3 amide bonds. The highest BCUT2D eigenvalue weighted by Gasteiger charge is 2.33. The van der Waals surface area contributed by atoms with E-state index < -0.39 is 12.1 Å². The number of amides is 3. The average Bonchev–Trinajstić information content (AvgIpc) is 3.77. The fourth-order valence-electron chi connectivity index (χ4n) is 4.59. The van der Waals surface area contributed by atoms with Gasteiger partial charge in [0.25, 0.3) is 5.91 Å². The molecule has 1 saturated heterocycles. The first-order chi connectivity index (χ1) is 17.0. The summed E-state index contributed by atoms with van der Waals surface area (Å²) in [6.45, 7) is 1.27. The molecule has 0 spiro atoms. The molecular formula is C26H31N5O4. The smallest absolute Gasteiger partial charge is 0.268 e. The van der Waals surface area contributed by atoms with Crippen molar-refractivity contribution in [3.63, 3.8) is 0 Å². The van der Waals surface area contributed by atoms with Crippen molar-refractivity contribution in [2.75, 3.05) is 13.2 Å². The Bertz CT molecular complexity index is 1160. The molecule has 0 bridgehead atoms. The van der Waals surface area contributed by atoms with E-state index >= 15 is 0 Å². The van der Waals surface area contributed by atoms with Gasteiger partial charge < -0.3 is 25.7 Å². The zero-order chi connectivity index (χ0) is 24.4. The molecule has 35 heavy (non-hydrogen) atoms. The Morgan fingerprint density at radius 1 is 1.11 bits per heavy atom. The molecule has 3 atom stereocenters. The minimum absolute atomic E-state index is 0.0818. The third-order valence-corrected chi connectivity index (χ3v) is 7.08. The van der Waals surface area contributed by atoms with E-state index in [0.29, 0.717) is 43.5 Å². The second kappa shape index (κ2) is 9.98. The Labute approximate surface area is 204 Å². The molecule has 2 aliphatic carbocycles. The number of benzene rings is 1. The zero-order valence-electron chi connectivity index (χ0n) is 19.6. The standard InChI is InChI=1S/C26H31N5O4/c27-13-18(11-17-8-9-28-24(17)32)29-25(33)21(10-15-4-5-15)31-26(34)22-12-19-20(30-22)2-1-3-23(19)35-14-16-6-7-16/h1-3,12,15-18,21,30H,4-11,14H2,(H,28,32)(H,29,33)(H,31,34). The highest BCUT2D eigenvalue weighted by Crippen LogP contribution is 2.34. The highest BCUT2D eigenvalue weighted by molar-refractivity contribution is 6.01. The van der Waals surface area contributed by atoms with Crippen molar-refractivity contribution in [2.24, 2.45) is 17.8 Å². The Morgan fingerprint density at radius 3 is 2.60 bits per heavy atom. The van der Waals surface area contributed by atoms with E-state index in [-0.39, 0.29) is 30.1 Å². The van der Waals surface area contributed by atoms with E-state index in [1.807, 2.05) is 18.2 Å². The number of nitrogens with one attached hydrogen (secondary N) is 4. The predicted molar refractivity (Wildman–Crippen MR) is 128 cm³/mol. The molecule has 4 N–H and O–H groups in total. The molecule has 1 aromatic heterocycles. The van der Waals surface area contributed by atoms with Crippen molar-refractivity contribution in [3.8, 4) is 11.8 Å². The Balaban J connectivity index is 1.25. The first-order valence-electron chi connectivity index (χ1n) is 12.5. The van der Waals surface area contributed by atoms with E-state index in [9.17, 15) is 19.6 Å². The van der Waals surface area contributed by atoms with Gasteiger partial charge in [-0.3, -0.25) is 14.4 Å². The summed E-state index contributed by atoms with van der Waals surface area (Å²) >= 11 is 0. The molecule has 0 radical (unpaired) electrons. The summed E-state index contributed by atoms with van der Waals surface area (Å²) in [6, 6.07) is 8.00. The molecule has 184 valence electrons. The molecule has 1 aromatic carbocycles. The fourth-order valence-corrected chi connectivity index (χ4v) is 4.59. The van der Waals surface area contributed by atoms with Crippen LogP contribution in [0.25, 0.3) is 10.9 Å². The van der Waals surface area contributed by atoms with Gasteiger partial charge in [0.05, 0.1) is 12.7 Å². The quantitative estimate of drug-likeness (QED) is 0.394. The van der Waals surface area contributed by atoms with E-state index in [4.69, 9.17) is 4.74 Å². The monoisotopic (exact) mass is 477 g/mol. The van der Waals surface area contributed by atoms with E-state index in [2.05, 4.69) is 27.0 Å². The van der Waals surface area contributed by atoms with Crippen LogP contribution in [-0.4, -0.2) is 47.9 Å². The van der Waals surface area contributed by atoms with Gasteiger partial charge in [-0.25, -0.2) is 0 Å². The number of ether oxygens (including phenoxy) is 1. The summed E-state index contributed by atoms with van der Waals surface area (Å²) in [7, 11) is 0. The Hall–Kier alpha value is -3.54. The molecule has 2 saturated carbocycles. The van der Waals surface area contributed by atoms with Crippen LogP contribution in [0.2, 0.25) is 0 Å². The number of aromatic amines is 1. The van der Waals surface area contributed by atoms with Crippen LogP contribution >= 0.6 is 0 Å². The van der Waals surface area contributed by atoms with Crippen molar-refractivity contribution in [2.45, 2.75) is 57.0 Å². The van der Waals surface area contributed by atoms with Crippen LogP contribution in [-0.2, 0) is 9.59 Å². The molecule has 3 aliphatic rings. The molecule has 9 heteroatoms. The number of hydrogen-bond acceptors (Lipinski definition) is 5. The van der Waals surface area contributed by atoms with Crippen molar-refractivity contribution in [1.29, 1.82) is 5.26 Å². The number of hydrogen-bond donors (Lipinski definition) is 4. The minimum atomic E-state index is -0.783. The first-order valence-corrected chi connectivity index (χ1v) is 12.5. The van der Waals surface area contributed by atoms with Crippen molar-refractivity contribution >= 4 is 28.6 Å². The number of nitrogens with zero attached hydrogens (tertiary/aromatic N) is 1. The number of nitriles is 1. The number of carbonyl (C=O) groups is 3. The van der Waals surface area contributed by atoms with Crippen LogP contribution < -0.4 is 20.7 Å². The topological polar surface area (TPSA) is 136 Å². The summed E-state index contributed by atoms with van der Waals surface area (Å²) < 4.78 is 5.96. The molecular weight excluding hydrogens is 446 g/mol. The molecule has 5 rings (SSSR count). The second-order valence-electron chi connectivity index (χ2n) is 10.1. The first kappa shape index (κ1) is 23.2. The lowest BCUT2D eigenvalue weighted by Crippen LogP contribution is -2.50. The second-order valence-corrected chi connectivity index (χ2v) is 10.1. The summed E-state index contributed by atoms with van der Waals surface area (Å²) in [5.41, 5.74) is 1.15. The number of aromatic nitrogens is 1. The summed E-state index contributed by atoms with van der Waals surface area (Å²) in [6.07, 6.45) is 5.89. The molecule has 3 fully saturated rings. The summed E-state index contributed by atoms with van der Waals surface area (Å²) in [5, 5.41) is 18.7. The normalized spacial score (nSPS) is 21.1. The Morgan fingerprint density at radius 2 is 1.91 bits per heavy atom. The SMILES string of the molecule is N#CC(CC1CCNC1=O)NC(=O)C(CC1CC1)NC(=O)c1cc2c(OCC3CC3)cccc2[nH]1. The van der Waals surface area contributed by atoms with E-state index in [1.54, 1.807) is 6.07 Å². The fraction of sp³-hybridized carbons (Fsp3) is 0.538. The van der Waals surface area contributed by atoms with Crippen LogP contribution in [0.5, 0.6) is 5.75 Å². The maximum Gasteiger partial charge on any atom is 0.268 e. The van der Waals surface area contributed by atoms with Crippen LogP contribution in [0, 0.1) is 29.1 Å². The van der Waals surface area contributed by atoms with Gasteiger partial charge in [0.2, 0.25) is 11.8 Å². The maximum atomic E-state index is 13.1. The van der Waals surface area contributed by atoms with E-state index in [1.165, 1.54) is 12.8 Å². The zero-order valence-corrected chi connectivity index (χ0v) is 19.6. The largest absolute Gasteiger partial charge is 0.493 e. The molecule has 2 aromatic rings. The number of carbonyl (C=O) groups excluding carboxylic acids is 3. The van der Waals surface area contributed by atoms with Gasteiger partial charge in [-0.2, -0.15) is 5.26 Å². The van der Waals surface area contributed by atoms with Crippen LogP contribution in [0.4, 0.5) is 0 Å². The molecule has 9 nitrogen and oxygen atoms in total. The van der Waals surface area contributed by atoms with Crippen molar-refractivity contribution < 1.29 is 19.1 Å². The van der Waals surface area contributed by atoms with Gasteiger partial charge in [0, 0.05) is 23.4 Å². The van der Waals surface area contributed by atoms with Gasteiger partial charge in [0.15, 0.2) is 0 Å². The Kier molecular flexibility index (Phi) is 6.62. The van der Waals surface area contributed by atoms with Crippen molar-refractivity contribution in [3.05, 3.63) is 30.0 Å². The average molecular weight is 478 g/mol. The molecule has 2 heterocycles.